The van der Waals surface area contributed by atoms with E-state index < -0.39 is 0 Å². The highest BCUT2D eigenvalue weighted by Gasteiger charge is 2.28. The number of carbonyl (C=O) groups excluding carboxylic acids is 1. The molecule has 2 aromatic carbocycles. The van der Waals surface area contributed by atoms with Gasteiger partial charge < -0.3 is 9.32 Å². The molecule has 0 saturated carbocycles. The summed E-state index contributed by atoms with van der Waals surface area (Å²) in [6.45, 7) is 4.70. The fourth-order valence-electron chi connectivity index (χ4n) is 3.55. The Bertz CT molecular complexity index is 882. The van der Waals surface area contributed by atoms with Crippen LogP contribution in [0.25, 0.3) is 11.0 Å². The number of rotatable bonds is 4. The van der Waals surface area contributed by atoms with Gasteiger partial charge in [0.05, 0.1) is 12.1 Å². The SMILES string of the molecule is CC(NC(C)c1cc2ccccc2o1)C(=O)N1CCc2ccccc21. The first-order valence-electron chi connectivity index (χ1n) is 8.77. The molecular weight excluding hydrogens is 312 g/mol. The monoisotopic (exact) mass is 334 g/mol. The summed E-state index contributed by atoms with van der Waals surface area (Å²) < 4.78 is 5.90. The average Bonchev–Trinajstić information content (AvgIpc) is 3.25. The molecule has 2 unspecified atom stereocenters. The van der Waals surface area contributed by atoms with Crippen molar-refractivity contribution in [3.05, 3.63) is 65.9 Å². The number of hydrogen-bond donors (Lipinski definition) is 1. The summed E-state index contributed by atoms with van der Waals surface area (Å²) in [7, 11) is 0. The molecular formula is C21H22N2O2. The number of para-hydroxylation sites is 2. The first kappa shape index (κ1) is 15.9. The van der Waals surface area contributed by atoms with Gasteiger partial charge in [0, 0.05) is 17.6 Å². The van der Waals surface area contributed by atoms with Crippen LogP contribution in [-0.2, 0) is 11.2 Å². The van der Waals surface area contributed by atoms with Gasteiger partial charge in [-0.15, -0.1) is 0 Å². The van der Waals surface area contributed by atoms with E-state index in [1.54, 1.807) is 0 Å². The molecule has 2 atom stereocenters. The lowest BCUT2D eigenvalue weighted by Crippen LogP contribution is -2.45. The molecule has 0 radical (unpaired) electrons. The number of anilines is 1. The van der Waals surface area contributed by atoms with Gasteiger partial charge in [0.25, 0.3) is 0 Å². The standard InChI is InChI=1S/C21H22N2O2/c1-14(20-13-17-8-4-6-10-19(17)25-20)22-15(2)21(24)23-12-11-16-7-3-5-9-18(16)23/h3-10,13-15,22H,11-12H2,1-2H3. The summed E-state index contributed by atoms with van der Waals surface area (Å²) in [5.74, 6) is 0.954. The molecule has 3 aromatic rings. The second kappa shape index (κ2) is 6.37. The molecule has 4 nitrogen and oxygen atoms in total. The second-order valence-electron chi connectivity index (χ2n) is 6.67. The van der Waals surface area contributed by atoms with Crippen molar-refractivity contribution in [1.29, 1.82) is 0 Å². The van der Waals surface area contributed by atoms with E-state index in [1.807, 2.05) is 67.3 Å². The second-order valence-corrected chi connectivity index (χ2v) is 6.67. The molecule has 1 N–H and O–H groups in total. The molecule has 0 bridgehead atoms. The molecule has 25 heavy (non-hydrogen) atoms. The number of nitrogens with one attached hydrogen (secondary N) is 1. The molecule has 1 aliphatic rings. The lowest BCUT2D eigenvalue weighted by atomic mass is 10.1. The Hall–Kier alpha value is -2.59. The van der Waals surface area contributed by atoms with Gasteiger partial charge >= 0.3 is 0 Å². The van der Waals surface area contributed by atoms with Gasteiger partial charge in [0.15, 0.2) is 0 Å². The van der Waals surface area contributed by atoms with Gasteiger partial charge in [-0.2, -0.15) is 0 Å². The smallest absolute Gasteiger partial charge is 0.243 e. The van der Waals surface area contributed by atoms with E-state index in [2.05, 4.69) is 11.4 Å². The molecule has 2 heterocycles. The molecule has 0 saturated heterocycles. The fraction of sp³-hybridized carbons (Fsp3) is 0.286. The van der Waals surface area contributed by atoms with E-state index >= 15 is 0 Å². The average molecular weight is 334 g/mol. The van der Waals surface area contributed by atoms with Gasteiger partial charge in [-0.1, -0.05) is 36.4 Å². The first-order valence-corrected chi connectivity index (χ1v) is 8.77. The summed E-state index contributed by atoms with van der Waals surface area (Å²) in [6.07, 6.45) is 0.924. The van der Waals surface area contributed by atoms with Crippen LogP contribution < -0.4 is 10.2 Å². The maximum absolute atomic E-state index is 12.9. The normalized spacial score (nSPS) is 16.0. The number of amides is 1. The molecule has 4 heteroatoms. The van der Waals surface area contributed by atoms with Crippen LogP contribution in [0, 0.1) is 0 Å². The third-order valence-corrected chi connectivity index (χ3v) is 4.89. The van der Waals surface area contributed by atoms with Gasteiger partial charge in [-0.3, -0.25) is 10.1 Å². The Morgan fingerprint density at radius 3 is 2.72 bits per heavy atom. The third-order valence-electron chi connectivity index (χ3n) is 4.89. The van der Waals surface area contributed by atoms with E-state index in [0.717, 1.165) is 35.4 Å². The van der Waals surface area contributed by atoms with Crippen molar-refractivity contribution in [2.75, 3.05) is 11.4 Å². The lowest BCUT2D eigenvalue weighted by Gasteiger charge is -2.24. The van der Waals surface area contributed by atoms with Crippen molar-refractivity contribution in [2.24, 2.45) is 0 Å². The molecule has 0 spiro atoms. The number of nitrogens with zero attached hydrogens (tertiary/aromatic N) is 1. The maximum atomic E-state index is 12.9. The van der Waals surface area contributed by atoms with Crippen molar-refractivity contribution >= 4 is 22.6 Å². The highest BCUT2D eigenvalue weighted by atomic mass is 16.3. The third kappa shape index (κ3) is 2.94. The quantitative estimate of drug-likeness (QED) is 0.782. The highest BCUT2D eigenvalue weighted by molar-refractivity contribution is 5.98. The minimum atomic E-state index is -0.283. The Labute approximate surface area is 147 Å². The Morgan fingerprint density at radius 2 is 1.88 bits per heavy atom. The van der Waals surface area contributed by atoms with Gasteiger partial charge in [0.2, 0.25) is 5.91 Å². The maximum Gasteiger partial charge on any atom is 0.243 e. The zero-order valence-corrected chi connectivity index (χ0v) is 14.5. The van der Waals surface area contributed by atoms with Crippen LogP contribution >= 0.6 is 0 Å². The van der Waals surface area contributed by atoms with Crippen LogP contribution in [0.5, 0.6) is 0 Å². The Kier molecular flexibility index (Phi) is 4.06. The largest absolute Gasteiger partial charge is 0.459 e. The van der Waals surface area contributed by atoms with E-state index in [-0.39, 0.29) is 18.0 Å². The number of carbonyl (C=O) groups is 1. The first-order chi connectivity index (χ1) is 12.1. The number of hydrogen-bond acceptors (Lipinski definition) is 3. The van der Waals surface area contributed by atoms with Gasteiger partial charge in [-0.05, 0) is 44.0 Å². The minimum Gasteiger partial charge on any atom is -0.459 e. The van der Waals surface area contributed by atoms with Crippen molar-refractivity contribution in [1.82, 2.24) is 5.32 Å². The molecule has 1 aliphatic heterocycles. The molecule has 1 amide bonds. The Morgan fingerprint density at radius 1 is 1.12 bits per heavy atom. The number of benzene rings is 2. The summed E-state index contributed by atoms with van der Waals surface area (Å²) >= 11 is 0. The van der Waals surface area contributed by atoms with Crippen molar-refractivity contribution < 1.29 is 9.21 Å². The van der Waals surface area contributed by atoms with Gasteiger partial charge in [0.1, 0.15) is 11.3 Å². The van der Waals surface area contributed by atoms with Crippen molar-refractivity contribution in [3.63, 3.8) is 0 Å². The van der Waals surface area contributed by atoms with Crippen molar-refractivity contribution in [3.8, 4) is 0 Å². The fourth-order valence-corrected chi connectivity index (χ4v) is 3.55. The molecule has 0 fully saturated rings. The van der Waals surface area contributed by atoms with Crippen LogP contribution in [0.1, 0.15) is 31.2 Å². The minimum absolute atomic E-state index is 0.0378. The topological polar surface area (TPSA) is 45.5 Å². The molecule has 128 valence electrons. The number of furan rings is 1. The zero-order chi connectivity index (χ0) is 17.4. The predicted molar refractivity (Wildman–Crippen MR) is 99.7 cm³/mol. The van der Waals surface area contributed by atoms with E-state index in [9.17, 15) is 4.79 Å². The van der Waals surface area contributed by atoms with E-state index in [0.29, 0.717) is 0 Å². The summed E-state index contributed by atoms with van der Waals surface area (Å²) in [5, 5.41) is 4.46. The summed E-state index contributed by atoms with van der Waals surface area (Å²) in [4.78, 5) is 14.8. The van der Waals surface area contributed by atoms with Crippen LogP contribution in [0.3, 0.4) is 0 Å². The highest BCUT2D eigenvalue weighted by Crippen LogP contribution is 2.28. The molecule has 1 aromatic heterocycles. The van der Waals surface area contributed by atoms with E-state index in [1.165, 1.54) is 5.56 Å². The predicted octanol–water partition coefficient (Wildman–Crippen LogP) is 4.06. The van der Waals surface area contributed by atoms with Crippen LogP contribution in [0.4, 0.5) is 5.69 Å². The zero-order valence-electron chi connectivity index (χ0n) is 14.5. The molecule has 4 rings (SSSR count). The summed E-state index contributed by atoms with van der Waals surface area (Å²) in [5.41, 5.74) is 3.16. The van der Waals surface area contributed by atoms with Crippen LogP contribution in [0.15, 0.2) is 59.0 Å². The summed E-state index contributed by atoms with van der Waals surface area (Å²) in [6, 6.07) is 17.8. The molecule has 0 aliphatic carbocycles. The van der Waals surface area contributed by atoms with E-state index in [4.69, 9.17) is 4.42 Å². The van der Waals surface area contributed by atoms with Gasteiger partial charge in [-0.25, -0.2) is 0 Å². The van der Waals surface area contributed by atoms with Crippen molar-refractivity contribution in [2.45, 2.75) is 32.4 Å². The Balaban J connectivity index is 1.48. The van der Waals surface area contributed by atoms with Crippen LogP contribution in [-0.4, -0.2) is 18.5 Å². The lowest BCUT2D eigenvalue weighted by molar-refractivity contribution is -0.120. The van der Waals surface area contributed by atoms with Crippen LogP contribution in [0.2, 0.25) is 0 Å². The number of fused-ring (bicyclic) bond motifs is 2.